The van der Waals surface area contributed by atoms with E-state index in [2.05, 4.69) is 15.5 Å². The number of hydrogen-bond donors (Lipinski definition) is 2. The molecular formula is C21H31N5O4S. The van der Waals surface area contributed by atoms with E-state index in [-0.39, 0.29) is 24.7 Å². The number of piperazine rings is 1. The molecule has 0 aromatic carbocycles. The van der Waals surface area contributed by atoms with Crippen LogP contribution in [-0.4, -0.2) is 85.2 Å². The van der Waals surface area contributed by atoms with E-state index in [1.807, 2.05) is 35.6 Å². The lowest BCUT2D eigenvalue weighted by atomic mass is 9.96. The van der Waals surface area contributed by atoms with Crippen molar-refractivity contribution < 1.29 is 19.1 Å². The average molecular weight is 450 g/mol. The van der Waals surface area contributed by atoms with Gasteiger partial charge >= 0.3 is 18.0 Å². The second-order valence-corrected chi connectivity index (χ2v) is 8.47. The fourth-order valence-electron chi connectivity index (χ4n) is 4.03. The minimum atomic E-state index is -0.543. The molecule has 3 heterocycles. The van der Waals surface area contributed by atoms with Gasteiger partial charge in [-0.1, -0.05) is 0 Å². The normalized spacial score (nSPS) is 22.4. The first-order valence-electron chi connectivity index (χ1n) is 10.6. The summed E-state index contributed by atoms with van der Waals surface area (Å²) in [6.45, 7) is 8.83. The molecule has 0 bridgehead atoms. The van der Waals surface area contributed by atoms with Gasteiger partial charge in [-0.3, -0.25) is 9.80 Å². The number of urea groups is 2. The third-order valence-corrected chi connectivity index (χ3v) is 6.32. The number of hydrogen-bond acceptors (Lipinski definition) is 6. The topological polar surface area (TPSA) is 94.2 Å². The van der Waals surface area contributed by atoms with Gasteiger partial charge < -0.3 is 20.3 Å². The lowest BCUT2D eigenvalue weighted by Gasteiger charge is -2.42. The van der Waals surface area contributed by atoms with Crippen LogP contribution in [0.15, 0.2) is 28.1 Å². The summed E-state index contributed by atoms with van der Waals surface area (Å²) in [7, 11) is 1.67. The van der Waals surface area contributed by atoms with Crippen molar-refractivity contribution in [3.05, 3.63) is 33.7 Å². The highest BCUT2D eigenvalue weighted by Gasteiger charge is 2.38. The van der Waals surface area contributed by atoms with Crippen molar-refractivity contribution >= 4 is 29.4 Å². The quantitative estimate of drug-likeness (QED) is 0.648. The number of nitrogens with one attached hydrogen (secondary N) is 2. The number of nitrogens with zero attached hydrogens (tertiary/aromatic N) is 3. The molecule has 3 rings (SSSR count). The fraction of sp³-hybridized carbons (Fsp3) is 0.571. The standard InChI is InChI=1S/C21H31N5O4S/c1-5-22-20(28)26-9-8-25(11-14(26)3)12-16-17(19(27)30-6-2)18(15-7-10-31-13-15)23-21(29)24(16)4/h7,10,13-14,18H,5-6,8-9,11-12H2,1-4H3,(H,22,28)(H,23,29)/t14-,18+/m0/s1. The van der Waals surface area contributed by atoms with Crippen LogP contribution in [0.25, 0.3) is 0 Å². The van der Waals surface area contributed by atoms with Crippen molar-refractivity contribution in [1.29, 1.82) is 0 Å². The molecule has 1 aromatic rings. The monoisotopic (exact) mass is 449 g/mol. The second-order valence-electron chi connectivity index (χ2n) is 7.69. The van der Waals surface area contributed by atoms with Crippen LogP contribution in [0.3, 0.4) is 0 Å². The van der Waals surface area contributed by atoms with Crippen molar-refractivity contribution in [1.82, 2.24) is 25.3 Å². The van der Waals surface area contributed by atoms with Gasteiger partial charge in [-0.2, -0.15) is 11.3 Å². The predicted octanol–water partition coefficient (Wildman–Crippen LogP) is 2.00. The van der Waals surface area contributed by atoms with Gasteiger partial charge in [0.25, 0.3) is 0 Å². The number of esters is 1. The molecule has 2 N–H and O–H groups in total. The van der Waals surface area contributed by atoms with E-state index in [1.54, 1.807) is 14.0 Å². The minimum absolute atomic E-state index is 0.0161. The van der Waals surface area contributed by atoms with Crippen LogP contribution >= 0.6 is 11.3 Å². The molecular weight excluding hydrogens is 418 g/mol. The fourth-order valence-corrected chi connectivity index (χ4v) is 4.72. The molecule has 170 valence electrons. The lowest BCUT2D eigenvalue weighted by molar-refractivity contribution is -0.139. The number of thiophene rings is 1. The highest BCUT2D eigenvalue weighted by atomic mass is 32.1. The van der Waals surface area contributed by atoms with E-state index < -0.39 is 12.0 Å². The zero-order valence-electron chi connectivity index (χ0n) is 18.5. The maximum atomic E-state index is 13.0. The molecule has 10 heteroatoms. The van der Waals surface area contributed by atoms with Gasteiger partial charge in [-0.05, 0) is 43.2 Å². The Morgan fingerprint density at radius 1 is 1.32 bits per heavy atom. The van der Waals surface area contributed by atoms with Crippen LogP contribution in [0.5, 0.6) is 0 Å². The summed E-state index contributed by atoms with van der Waals surface area (Å²) in [5.41, 5.74) is 1.96. The van der Waals surface area contributed by atoms with Crippen LogP contribution in [0.2, 0.25) is 0 Å². The Hall–Kier alpha value is -2.59. The van der Waals surface area contributed by atoms with Gasteiger partial charge in [0.1, 0.15) is 0 Å². The summed E-state index contributed by atoms with van der Waals surface area (Å²) in [6, 6.07) is 1.06. The summed E-state index contributed by atoms with van der Waals surface area (Å²) >= 11 is 1.51. The maximum absolute atomic E-state index is 13.0. The lowest BCUT2D eigenvalue weighted by Crippen LogP contribution is -2.57. The van der Waals surface area contributed by atoms with E-state index >= 15 is 0 Å². The van der Waals surface area contributed by atoms with Crippen LogP contribution < -0.4 is 10.6 Å². The molecule has 0 saturated carbocycles. The first kappa shape index (κ1) is 23.1. The van der Waals surface area contributed by atoms with E-state index in [4.69, 9.17) is 4.74 Å². The van der Waals surface area contributed by atoms with Gasteiger partial charge in [0.15, 0.2) is 0 Å². The third kappa shape index (κ3) is 5.01. The van der Waals surface area contributed by atoms with Crippen molar-refractivity contribution in [3.63, 3.8) is 0 Å². The zero-order chi connectivity index (χ0) is 22.5. The SMILES string of the molecule is CCNC(=O)N1CCN(CC2=C(C(=O)OCC)[C@@H](c3ccsc3)NC(=O)N2C)C[C@@H]1C. The van der Waals surface area contributed by atoms with Gasteiger partial charge in [-0.25, -0.2) is 14.4 Å². The van der Waals surface area contributed by atoms with Crippen LogP contribution in [0.4, 0.5) is 9.59 Å². The zero-order valence-corrected chi connectivity index (χ0v) is 19.3. The number of carbonyl (C=O) groups is 3. The maximum Gasteiger partial charge on any atom is 0.338 e. The molecule has 0 radical (unpaired) electrons. The third-order valence-electron chi connectivity index (χ3n) is 5.62. The predicted molar refractivity (Wildman–Crippen MR) is 119 cm³/mol. The smallest absolute Gasteiger partial charge is 0.338 e. The molecule has 2 atom stereocenters. The Morgan fingerprint density at radius 2 is 2.10 bits per heavy atom. The molecule has 0 unspecified atom stereocenters. The van der Waals surface area contributed by atoms with Crippen molar-refractivity contribution in [2.75, 3.05) is 46.4 Å². The first-order chi connectivity index (χ1) is 14.9. The number of ether oxygens (including phenoxy) is 1. The van der Waals surface area contributed by atoms with E-state index in [9.17, 15) is 14.4 Å². The number of amides is 4. The van der Waals surface area contributed by atoms with Crippen molar-refractivity contribution in [2.24, 2.45) is 0 Å². The van der Waals surface area contributed by atoms with Gasteiger partial charge in [0.2, 0.25) is 0 Å². The summed E-state index contributed by atoms with van der Waals surface area (Å²) in [4.78, 5) is 43.4. The minimum Gasteiger partial charge on any atom is -0.463 e. The molecule has 2 aliphatic rings. The molecule has 0 spiro atoms. The summed E-state index contributed by atoms with van der Waals surface area (Å²) < 4.78 is 5.36. The highest BCUT2D eigenvalue weighted by Crippen LogP contribution is 2.32. The Balaban J connectivity index is 1.88. The highest BCUT2D eigenvalue weighted by molar-refractivity contribution is 7.08. The molecule has 4 amide bonds. The Labute approximate surface area is 187 Å². The number of carbonyl (C=O) groups excluding carboxylic acids is 3. The van der Waals surface area contributed by atoms with Gasteiger partial charge in [-0.15, -0.1) is 0 Å². The Bertz CT molecular complexity index is 841. The second kappa shape index (κ2) is 10.1. The van der Waals surface area contributed by atoms with E-state index in [1.165, 1.54) is 16.2 Å². The molecule has 1 fully saturated rings. The average Bonchev–Trinajstić information content (AvgIpc) is 3.26. The largest absolute Gasteiger partial charge is 0.463 e. The molecule has 1 saturated heterocycles. The van der Waals surface area contributed by atoms with Crippen LogP contribution in [0.1, 0.15) is 32.4 Å². The van der Waals surface area contributed by atoms with Crippen molar-refractivity contribution in [2.45, 2.75) is 32.9 Å². The van der Waals surface area contributed by atoms with Gasteiger partial charge in [0.05, 0.1) is 18.2 Å². The molecule has 0 aliphatic carbocycles. The Morgan fingerprint density at radius 3 is 2.71 bits per heavy atom. The molecule has 31 heavy (non-hydrogen) atoms. The first-order valence-corrected chi connectivity index (χ1v) is 11.5. The number of rotatable bonds is 6. The summed E-state index contributed by atoms with van der Waals surface area (Å²) in [6.07, 6.45) is 0. The van der Waals surface area contributed by atoms with Crippen molar-refractivity contribution in [3.8, 4) is 0 Å². The van der Waals surface area contributed by atoms with Gasteiger partial charge in [0, 0.05) is 51.5 Å². The van der Waals surface area contributed by atoms with Crippen LogP contribution in [-0.2, 0) is 9.53 Å². The molecule has 1 aromatic heterocycles. The van der Waals surface area contributed by atoms with E-state index in [0.717, 1.165) is 5.56 Å². The van der Waals surface area contributed by atoms with E-state index in [0.29, 0.717) is 44.0 Å². The summed E-state index contributed by atoms with van der Waals surface area (Å²) in [5.74, 6) is -0.422. The Kier molecular flexibility index (Phi) is 7.55. The molecule has 9 nitrogen and oxygen atoms in total. The van der Waals surface area contributed by atoms with Crippen LogP contribution in [0, 0.1) is 0 Å². The molecule has 2 aliphatic heterocycles. The summed E-state index contributed by atoms with van der Waals surface area (Å²) in [5, 5.41) is 9.63. The number of likely N-dealkylation sites (N-methyl/N-ethyl adjacent to an activating group) is 1.